The van der Waals surface area contributed by atoms with E-state index in [0.717, 1.165) is 45.3 Å². The summed E-state index contributed by atoms with van der Waals surface area (Å²) in [6.45, 7) is 4.90. The minimum absolute atomic E-state index is 0.243. The minimum Gasteiger partial charge on any atom is -0.390 e. The van der Waals surface area contributed by atoms with E-state index in [1.807, 2.05) is 6.92 Å². The zero-order chi connectivity index (χ0) is 14.9. The fraction of sp³-hybridized carbons (Fsp3) is 0.688. The van der Waals surface area contributed by atoms with E-state index < -0.39 is 5.60 Å². The van der Waals surface area contributed by atoms with Crippen LogP contribution in [0.3, 0.4) is 0 Å². The lowest BCUT2D eigenvalue weighted by atomic mass is 9.94. The summed E-state index contributed by atoms with van der Waals surface area (Å²) in [5.74, 6) is 0.243. The summed E-state index contributed by atoms with van der Waals surface area (Å²) in [5.41, 5.74) is -0.549. The first-order chi connectivity index (χ1) is 10.1. The van der Waals surface area contributed by atoms with E-state index in [4.69, 9.17) is 0 Å². The van der Waals surface area contributed by atoms with E-state index in [2.05, 4.69) is 27.3 Å². The maximum absolute atomic E-state index is 12.6. The van der Waals surface area contributed by atoms with Crippen LogP contribution in [-0.4, -0.2) is 52.6 Å². The van der Waals surface area contributed by atoms with Gasteiger partial charge in [-0.05, 0) is 44.1 Å². The van der Waals surface area contributed by atoms with Crippen LogP contribution in [0.2, 0.25) is 0 Å². The molecule has 4 nitrogen and oxygen atoms in total. The number of amides is 1. The second-order valence-electron chi connectivity index (χ2n) is 6.53. The number of aliphatic hydroxyl groups is 1. The number of hydrogen-bond donors (Lipinski definition) is 1. The monoisotopic (exact) mass is 308 g/mol. The van der Waals surface area contributed by atoms with E-state index >= 15 is 0 Å². The molecule has 1 aromatic heterocycles. The van der Waals surface area contributed by atoms with Crippen molar-refractivity contribution in [2.24, 2.45) is 0 Å². The van der Waals surface area contributed by atoms with Gasteiger partial charge in [-0.2, -0.15) is 0 Å². The normalized spacial score (nSPS) is 26.2. The van der Waals surface area contributed by atoms with Crippen molar-refractivity contribution >= 4 is 17.2 Å². The van der Waals surface area contributed by atoms with Crippen molar-refractivity contribution in [1.82, 2.24) is 9.80 Å². The molecule has 2 aliphatic rings. The molecule has 116 valence electrons. The minimum atomic E-state index is -0.549. The van der Waals surface area contributed by atoms with E-state index in [-0.39, 0.29) is 11.9 Å². The van der Waals surface area contributed by atoms with Crippen LogP contribution in [0.4, 0.5) is 0 Å². The number of hydrogen-bond acceptors (Lipinski definition) is 4. The Labute approximate surface area is 130 Å². The first kappa shape index (κ1) is 15.0. The van der Waals surface area contributed by atoms with Gasteiger partial charge in [-0.25, -0.2) is 0 Å². The lowest BCUT2D eigenvalue weighted by Gasteiger charge is -2.36. The molecular weight excluding hydrogens is 284 g/mol. The highest BCUT2D eigenvalue weighted by molar-refractivity contribution is 7.10. The fourth-order valence-electron chi connectivity index (χ4n) is 3.32. The maximum Gasteiger partial charge on any atom is 0.237 e. The average molecular weight is 308 g/mol. The van der Waals surface area contributed by atoms with Gasteiger partial charge in [-0.3, -0.25) is 9.69 Å². The Kier molecular flexibility index (Phi) is 4.33. The number of rotatable bonds is 3. The van der Waals surface area contributed by atoms with Crippen molar-refractivity contribution in [3.8, 4) is 0 Å². The van der Waals surface area contributed by atoms with E-state index in [9.17, 15) is 9.90 Å². The summed E-state index contributed by atoms with van der Waals surface area (Å²) in [4.78, 5) is 18.2. The van der Waals surface area contributed by atoms with Crippen LogP contribution < -0.4 is 0 Å². The average Bonchev–Trinajstić information content (AvgIpc) is 3.10. The summed E-state index contributed by atoms with van der Waals surface area (Å²) in [7, 11) is 0. The van der Waals surface area contributed by atoms with Gasteiger partial charge in [-0.15, -0.1) is 11.3 Å². The zero-order valence-corrected chi connectivity index (χ0v) is 13.4. The summed E-state index contributed by atoms with van der Waals surface area (Å²) < 4.78 is 0. The van der Waals surface area contributed by atoms with Crippen molar-refractivity contribution < 1.29 is 9.90 Å². The van der Waals surface area contributed by atoms with Crippen LogP contribution in [0.15, 0.2) is 17.5 Å². The van der Waals surface area contributed by atoms with Gasteiger partial charge in [0.15, 0.2) is 0 Å². The maximum atomic E-state index is 12.6. The van der Waals surface area contributed by atoms with Gasteiger partial charge in [0.25, 0.3) is 0 Å². The van der Waals surface area contributed by atoms with Crippen molar-refractivity contribution in [3.63, 3.8) is 0 Å². The first-order valence-corrected chi connectivity index (χ1v) is 8.71. The third-order valence-corrected chi connectivity index (χ3v) is 5.71. The summed E-state index contributed by atoms with van der Waals surface area (Å²) in [5, 5.41) is 12.1. The molecular formula is C16H24N2O2S. The van der Waals surface area contributed by atoms with Gasteiger partial charge >= 0.3 is 0 Å². The van der Waals surface area contributed by atoms with Gasteiger partial charge < -0.3 is 10.0 Å². The summed E-state index contributed by atoms with van der Waals surface area (Å²) >= 11 is 1.75. The quantitative estimate of drug-likeness (QED) is 0.931. The summed E-state index contributed by atoms with van der Waals surface area (Å²) in [6.07, 6.45) is 3.70. The predicted molar refractivity (Wildman–Crippen MR) is 84.3 cm³/mol. The number of piperidine rings is 1. The smallest absolute Gasteiger partial charge is 0.237 e. The highest BCUT2D eigenvalue weighted by Crippen LogP contribution is 2.34. The van der Waals surface area contributed by atoms with Gasteiger partial charge in [0.05, 0.1) is 18.2 Å². The largest absolute Gasteiger partial charge is 0.390 e. The van der Waals surface area contributed by atoms with Crippen LogP contribution >= 0.6 is 11.3 Å². The molecule has 2 aliphatic heterocycles. The molecule has 2 fully saturated rings. The molecule has 0 bridgehead atoms. The molecule has 0 aromatic carbocycles. The Balaban J connectivity index is 1.58. The van der Waals surface area contributed by atoms with Crippen molar-refractivity contribution in [1.29, 1.82) is 0 Å². The Morgan fingerprint density at radius 2 is 2.19 bits per heavy atom. The van der Waals surface area contributed by atoms with Gasteiger partial charge in [0.2, 0.25) is 5.91 Å². The number of carbonyl (C=O) groups excluding carboxylic acids is 1. The molecule has 1 amide bonds. The standard InChI is InChI=1S/C16H24N2O2S/c1-16(20)6-9-17(10-7-16)12-15(19)18-8-2-4-13(18)14-5-3-11-21-14/h3,5,11,13,20H,2,4,6-10,12H2,1H3. The van der Waals surface area contributed by atoms with Crippen LogP contribution in [0.1, 0.15) is 43.5 Å². The van der Waals surface area contributed by atoms with Gasteiger partial charge in [0, 0.05) is 24.5 Å². The van der Waals surface area contributed by atoms with Crippen LogP contribution in [0.25, 0.3) is 0 Å². The van der Waals surface area contributed by atoms with Crippen LogP contribution in [0.5, 0.6) is 0 Å². The molecule has 5 heteroatoms. The fourth-order valence-corrected chi connectivity index (χ4v) is 4.19. The number of thiophene rings is 1. The molecule has 1 aromatic rings. The molecule has 0 aliphatic carbocycles. The Hall–Kier alpha value is -0.910. The third kappa shape index (κ3) is 3.47. The predicted octanol–water partition coefficient (Wildman–Crippen LogP) is 2.26. The highest BCUT2D eigenvalue weighted by atomic mass is 32.1. The molecule has 0 saturated carbocycles. The zero-order valence-electron chi connectivity index (χ0n) is 12.6. The highest BCUT2D eigenvalue weighted by Gasteiger charge is 2.33. The lowest BCUT2D eigenvalue weighted by molar-refractivity contribution is -0.134. The molecule has 1 N–H and O–H groups in total. The van der Waals surface area contributed by atoms with Gasteiger partial charge in [-0.1, -0.05) is 6.07 Å². The molecule has 3 rings (SSSR count). The van der Waals surface area contributed by atoms with Crippen molar-refractivity contribution in [2.75, 3.05) is 26.2 Å². The topological polar surface area (TPSA) is 43.8 Å². The van der Waals surface area contributed by atoms with Gasteiger partial charge in [0.1, 0.15) is 0 Å². The van der Waals surface area contributed by atoms with Crippen LogP contribution in [-0.2, 0) is 4.79 Å². The van der Waals surface area contributed by atoms with Crippen molar-refractivity contribution in [2.45, 2.75) is 44.2 Å². The number of likely N-dealkylation sites (tertiary alicyclic amines) is 2. The molecule has 21 heavy (non-hydrogen) atoms. The Morgan fingerprint density at radius 1 is 1.43 bits per heavy atom. The SMILES string of the molecule is CC1(O)CCN(CC(=O)N2CCCC2c2cccs2)CC1. The molecule has 2 saturated heterocycles. The molecule has 0 radical (unpaired) electrons. The second-order valence-corrected chi connectivity index (χ2v) is 7.51. The molecule has 0 spiro atoms. The third-order valence-electron chi connectivity index (χ3n) is 4.74. The Morgan fingerprint density at radius 3 is 2.86 bits per heavy atom. The Bertz CT molecular complexity index is 476. The lowest BCUT2D eigenvalue weighted by Crippen LogP contribution is -2.47. The van der Waals surface area contributed by atoms with Crippen molar-refractivity contribution in [3.05, 3.63) is 22.4 Å². The number of nitrogens with zero attached hydrogens (tertiary/aromatic N) is 2. The summed E-state index contributed by atoms with van der Waals surface area (Å²) in [6, 6.07) is 4.48. The molecule has 1 unspecified atom stereocenters. The van der Waals surface area contributed by atoms with E-state index in [1.165, 1.54) is 4.88 Å². The second kappa shape index (κ2) is 6.07. The van der Waals surface area contributed by atoms with E-state index in [0.29, 0.717) is 6.54 Å². The molecule has 3 heterocycles. The van der Waals surface area contributed by atoms with Crippen LogP contribution in [0, 0.1) is 0 Å². The van der Waals surface area contributed by atoms with E-state index in [1.54, 1.807) is 11.3 Å². The molecule has 1 atom stereocenters. The first-order valence-electron chi connectivity index (χ1n) is 7.83. The number of carbonyl (C=O) groups is 1.